The number of amides is 1. The van der Waals surface area contributed by atoms with Gasteiger partial charge in [-0.05, 0) is 66.2 Å². The Bertz CT molecular complexity index is 795. The predicted molar refractivity (Wildman–Crippen MR) is 129 cm³/mol. The van der Waals surface area contributed by atoms with Crippen molar-refractivity contribution in [1.82, 2.24) is 4.90 Å². The molecule has 0 radical (unpaired) electrons. The molecule has 1 aliphatic rings. The molecular formula is C25H41NO4Si. The van der Waals surface area contributed by atoms with Gasteiger partial charge in [0, 0.05) is 13.0 Å². The molecule has 1 atom stereocenters. The van der Waals surface area contributed by atoms with Crippen LogP contribution < -0.4 is 9.47 Å². The summed E-state index contributed by atoms with van der Waals surface area (Å²) in [6.45, 7) is 16.1. The minimum atomic E-state index is -1.93. The first kappa shape index (κ1) is 25.3. The molecule has 0 bridgehead atoms. The number of rotatable bonds is 8. The van der Waals surface area contributed by atoms with Crippen molar-refractivity contribution in [1.29, 1.82) is 0 Å². The molecule has 0 unspecified atom stereocenters. The van der Waals surface area contributed by atoms with Crippen LogP contribution in [0.4, 0.5) is 0 Å². The summed E-state index contributed by atoms with van der Waals surface area (Å²) in [6, 6.07) is 3.88. The normalized spacial score (nSPS) is 17.1. The van der Waals surface area contributed by atoms with Crippen molar-refractivity contribution in [3.63, 3.8) is 0 Å². The van der Waals surface area contributed by atoms with Gasteiger partial charge in [0.05, 0.1) is 26.5 Å². The van der Waals surface area contributed by atoms with E-state index in [1.807, 2.05) is 29.4 Å². The summed E-state index contributed by atoms with van der Waals surface area (Å²) < 4.78 is 17.4. The Kier molecular flexibility index (Phi) is 8.25. The Morgan fingerprint density at radius 3 is 2.35 bits per heavy atom. The van der Waals surface area contributed by atoms with E-state index in [1.165, 1.54) is 5.56 Å². The highest BCUT2D eigenvalue weighted by molar-refractivity contribution is 6.74. The summed E-state index contributed by atoms with van der Waals surface area (Å²) in [5, 5.41) is 0.116. The average molecular weight is 448 g/mol. The maximum atomic E-state index is 13.1. The number of nitrogens with zero attached hydrogens (tertiary/aromatic N) is 1. The van der Waals surface area contributed by atoms with Crippen LogP contribution >= 0.6 is 0 Å². The summed E-state index contributed by atoms with van der Waals surface area (Å²) in [7, 11) is 1.37. The molecule has 5 nitrogen and oxygen atoms in total. The van der Waals surface area contributed by atoms with Gasteiger partial charge in [0.25, 0.3) is 0 Å². The van der Waals surface area contributed by atoms with Crippen molar-refractivity contribution in [2.75, 3.05) is 20.8 Å². The standard InChI is InChI=1S/C25H41NO4Si/c1-18(2)10-11-24(27)26-14-12-19-16-22(28-6)23(29-7)17-20(19)21(26)13-15-30-31(8,9)25(3,4)5/h13,15-18,21H,10-12,14H2,1-9H3/b15-13+/t21-/m1/s1. The highest BCUT2D eigenvalue weighted by Crippen LogP contribution is 2.40. The lowest BCUT2D eigenvalue weighted by Gasteiger charge is -2.38. The molecule has 1 aromatic carbocycles. The lowest BCUT2D eigenvalue weighted by atomic mass is 9.91. The van der Waals surface area contributed by atoms with Crippen LogP contribution in [0.3, 0.4) is 0 Å². The van der Waals surface area contributed by atoms with Gasteiger partial charge in [-0.15, -0.1) is 0 Å². The van der Waals surface area contributed by atoms with E-state index in [0.29, 0.717) is 24.6 Å². The maximum absolute atomic E-state index is 13.1. The number of hydrogen-bond acceptors (Lipinski definition) is 4. The molecule has 0 saturated carbocycles. The van der Waals surface area contributed by atoms with Crippen molar-refractivity contribution in [3.8, 4) is 11.5 Å². The average Bonchev–Trinajstić information content (AvgIpc) is 2.69. The first-order chi connectivity index (χ1) is 14.4. The first-order valence-corrected chi connectivity index (χ1v) is 14.2. The second-order valence-corrected chi connectivity index (χ2v) is 15.1. The topological polar surface area (TPSA) is 48.0 Å². The molecule has 0 N–H and O–H groups in total. The molecule has 1 aliphatic heterocycles. The molecule has 0 fully saturated rings. The fourth-order valence-corrected chi connectivity index (χ4v) is 4.25. The zero-order valence-corrected chi connectivity index (χ0v) is 21.9. The van der Waals surface area contributed by atoms with E-state index in [0.717, 1.165) is 24.2 Å². The summed E-state index contributed by atoms with van der Waals surface area (Å²) in [5.41, 5.74) is 2.27. The van der Waals surface area contributed by atoms with E-state index in [1.54, 1.807) is 14.2 Å². The third kappa shape index (κ3) is 6.06. The van der Waals surface area contributed by atoms with Gasteiger partial charge in [-0.25, -0.2) is 0 Å². The SMILES string of the molecule is COc1cc2c(cc1OC)[C@@H](/C=C/O[Si](C)(C)C(C)(C)C)N(C(=O)CCC(C)C)CC2. The molecule has 0 spiro atoms. The Hall–Kier alpha value is -1.95. The maximum Gasteiger partial charge on any atom is 0.249 e. The van der Waals surface area contributed by atoms with E-state index in [4.69, 9.17) is 13.9 Å². The monoisotopic (exact) mass is 447 g/mol. The number of hydrogen-bond donors (Lipinski definition) is 0. The van der Waals surface area contributed by atoms with E-state index < -0.39 is 8.32 Å². The number of carbonyl (C=O) groups is 1. The summed E-state index contributed by atoms with van der Waals surface area (Å²) in [5.74, 6) is 2.10. The Morgan fingerprint density at radius 2 is 1.81 bits per heavy atom. The van der Waals surface area contributed by atoms with E-state index in [-0.39, 0.29) is 17.0 Å². The van der Waals surface area contributed by atoms with Crippen LogP contribution in [0.2, 0.25) is 18.1 Å². The van der Waals surface area contributed by atoms with Gasteiger partial charge in [-0.3, -0.25) is 4.79 Å². The molecule has 1 aromatic rings. The largest absolute Gasteiger partial charge is 0.549 e. The second-order valence-electron chi connectivity index (χ2n) is 10.3. The molecule has 2 rings (SSSR count). The highest BCUT2D eigenvalue weighted by Gasteiger charge is 2.38. The fraction of sp³-hybridized carbons (Fsp3) is 0.640. The van der Waals surface area contributed by atoms with Gasteiger partial charge in [-0.1, -0.05) is 34.6 Å². The predicted octanol–water partition coefficient (Wildman–Crippen LogP) is 6.10. The zero-order chi connectivity index (χ0) is 23.4. The third-order valence-corrected chi connectivity index (χ3v) is 10.9. The Labute approximate surface area is 189 Å². The van der Waals surface area contributed by atoms with Crippen molar-refractivity contribution < 1.29 is 18.7 Å². The van der Waals surface area contributed by atoms with Crippen molar-refractivity contribution >= 4 is 14.2 Å². The van der Waals surface area contributed by atoms with Gasteiger partial charge >= 0.3 is 0 Å². The second kappa shape index (κ2) is 10.1. The highest BCUT2D eigenvalue weighted by atomic mass is 28.4. The molecule has 6 heteroatoms. The smallest absolute Gasteiger partial charge is 0.249 e. The van der Waals surface area contributed by atoms with Gasteiger partial charge in [0.1, 0.15) is 0 Å². The molecular weight excluding hydrogens is 406 g/mol. The molecule has 0 aliphatic carbocycles. The van der Waals surface area contributed by atoms with Crippen molar-refractivity contribution in [2.45, 2.75) is 78.1 Å². The quantitative estimate of drug-likeness (QED) is 0.357. The minimum Gasteiger partial charge on any atom is -0.549 e. The van der Waals surface area contributed by atoms with Crippen LogP contribution in [-0.4, -0.2) is 39.9 Å². The van der Waals surface area contributed by atoms with Crippen molar-refractivity contribution in [2.24, 2.45) is 5.92 Å². The Balaban J connectivity index is 2.40. The van der Waals surface area contributed by atoms with Crippen LogP contribution in [0.5, 0.6) is 11.5 Å². The van der Waals surface area contributed by atoms with Gasteiger partial charge in [0.15, 0.2) is 11.5 Å². The fourth-order valence-electron chi connectivity index (χ4n) is 3.48. The van der Waals surface area contributed by atoms with Crippen LogP contribution in [0.1, 0.15) is 64.6 Å². The minimum absolute atomic E-state index is 0.116. The molecule has 174 valence electrons. The van der Waals surface area contributed by atoms with E-state index in [2.05, 4.69) is 47.7 Å². The number of methoxy groups -OCH3 is 2. The van der Waals surface area contributed by atoms with E-state index in [9.17, 15) is 4.79 Å². The number of ether oxygens (including phenoxy) is 2. The number of benzene rings is 1. The van der Waals surface area contributed by atoms with Gasteiger partial charge in [0.2, 0.25) is 14.2 Å². The lowest BCUT2D eigenvalue weighted by molar-refractivity contribution is -0.133. The molecule has 31 heavy (non-hydrogen) atoms. The molecule has 1 heterocycles. The molecule has 1 amide bonds. The van der Waals surface area contributed by atoms with Gasteiger partial charge < -0.3 is 18.8 Å². The molecule has 0 aromatic heterocycles. The number of carbonyl (C=O) groups excluding carboxylic acids is 1. The zero-order valence-electron chi connectivity index (χ0n) is 20.9. The van der Waals surface area contributed by atoms with Crippen LogP contribution in [0.25, 0.3) is 0 Å². The lowest BCUT2D eigenvalue weighted by Crippen LogP contribution is -2.40. The summed E-state index contributed by atoms with van der Waals surface area (Å²) in [4.78, 5) is 15.1. The van der Waals surface area contributed by atoms with E-state index >= 15 is 0 Å². The van der Waals surface area contributed by atoms with Crippen LogP contribution in [0, 0.1) is 5.92 Å². The summed E-state index contributed by atoms with van der Waals surface area (Å²) >= 11 is 0. The van der Waals surface area contributed by atoms with Gasteiger partial charge in [-0.2, -0.15) is 0 Å². The first-order valence-electron chi connectivity index (χ1n) is 11.3. The summed E-state index contributed by atoms with van der Waals surface area (Å²) in [6.07, 6.45) is 6.13. The Morgan fingerprint density at radius 1 is 1.19 bits per heavy atom. The molecule has 0 saturated heterocycles. The van der Waals surface area contributed by atoms with Crippen LogP contribution in [0.15, 0.2) is 24.5 Å². The third-order valence-electron chi connectivity index (χ3n) is 6.61. The van der Waals surface area contributed by atoms with Crippen molar-refractivity contribution in [3.05, 3.63) is 35.6 Å². The van der Waals surface area contributed by atoms with Crippen LogP contribution in [-0.2, 0) is 15.6 Å². The number of fused-ring (bicyclic) bond motifs is 1.